The Labute approximate surface area is 123 Å². The predicted octanol–water partition coefficient (Wildman–Crippen LogP) is 1.25. The van der Waals surface area contributed by atoms with Crippen molar-refractivity contribution in [2.75, 3.05) is 54.1 Å². The highest BCUT2D eigenvalue weighted by molar-refractivity contribution is 5.13. The summed E-state index contributed by atoms with van der Waals surface area (Å²) in [6.45, 7) is 4.33. The average molecular weight is 283 g/mol. The molecule has 0 aromatic rings. The SMILES string of the molecule is CNC1(C#N)CCCC1CCN(CCOC)CCOC. The first-order chi connectivity index (χ1) is 9.72. The molecule has 20 heavy (non-hydrogen) atoms. The van der Waals surface area contributed by atoms with Crippen LogP contribution in [0.4, 0.5) is 0 Å². The Hall–Kier alpha value is -0.670. The maximum absolute atomic E-state index is 9.47. The third-order valence-electron chi connectivity index (χ3n) is 4.48. The molecule has 1 fully saturated rings. The van der Waals surface area contributed by atoms with Gasteiger partial charge in [0.25, 0.3) is 0 Å². The molecule has 2 unspecified atom stereocenters. The van der Waals surface area contributed by atoms with Crippen LogP contribution in [0.25, 0.3) is 0 Å². The Morgan fingerprint density at radius 1 is 1.25 bits per heavy atom. The van der Waals surface area contributed by atoms with E-state index in [9.17, 15) is 5.26 Å². The second kappa shape index (κ2) is 9.30. The molecule has 1 saturated carbocycles. The fourth-order valence-corrected chi connectivity index (χ4v) is 3.12. The van der Waals surface area contributed by atoms with Crippen molar-refractivity contribution in [2.24, 2.45) is 5.92 Å². The van der Waals surface area contributed by atoms with Gasteiger partial charge in [-0.2, -0.15) is 5.26 Å². The zero-order valence-electron chi connectivity index (χ0n) is 13.2. The van der Waals surface area contributed by atoms with Crippen LogP contribution in [-0.2, 0) is 9.47 Å². The van der Waals surface area contributed by atoms with E-state index in [1.165, 1.54) is 0 Å². The lowest BCUT2D eigenvalue weighted by Gasteiger charge is -2.30. The van der Waals surface area contributed by atoms with Gasteiger partial charge < -0.3 is 14.8 Å². The molecular weight excluding hydrogens is 254 g/mol. The van der Waals surface area contributed by atoms with Gasteiger partial charge in [0.05, 0.1) is 19.3 Å². The zero-order valence-corrected chi connectivity index (χ0v) is 13.2. The van der Waals surface area contributed by atoms with Crippen molar-refractivity contribution < 1.29 is 9.47 Å². The van der Waals surface area contributed by atoms with E-state index in [0.29, 0.717) is 5.92 Å². The van der Waals surface area contributed by atoms with Gasteiger partial charge >= 0.3 is 0 Å². The Morgan fingerprint density at radius 3 is 2.40 bits per heavy atom. The second-order valence-corrected chi connectivity index (χ2v) is 5.54. The Morgan fingerprint density at radius 2 is 1.90 bits per heavy atom. The average Bonchev–Trinajstić information content (AvgIpc) is 2.90. The third-order valence-corrected chi connectivity index (χ3v) is 4.48. The molecular formula is C15H29N3O2. The summed E-state index contributed by atoms with van der Waals surface area (Å²) in [5.41, 5.74) is -0.311. The second-order valence-electron chi connectivity index (χ2n) is 5.54. The summed E-state index contributed by atoms with van der Waals surface area (Å²) in [6.07, 6.45) is 4.33. The first-order valence-corrected chi connectivity index (χ1v) is 7.52. The Balaban J connectivity index is 2.46. The van der Waals surface area contributed by atoms with Crippen molar-refractivity contribution >= 4 is 0 Å². The van der Waals surface area contributed by atoms with E-state index in [0.717, 1.165) is 58.5 Å². The number of hydrogen-bond acceptors (Lipinski definition) is 5. The molecule has 0 saturated heterocycles. The number of nitriles is 1. The van der Waals surface area contributed by atoms with E-state index >= 15 is 0 Å². The lowest BCUT2D eigenvalue weighted by atomic mass is 9.86. The van der Waals surface area contributed by atoms with Crippen LogP contribution >= 0.6 is 0 Å². The quantitative estimate of drug-likeness (QED) is 0.654. The largest absolute Gasteiger partial charge is 0.383 e. The summed E-state index contributed by atoms with van der Waals surface area (Å²) in [7, 11) is 5.37. The van der Waals surface area contributed by atoms with Gasteiger partial charge in [-0.15, -0.1) is 0 Å². The predicted molar refractivity (Wildman–Crippen MR) is 79.6 cm³/mol. The molecule has 0 aromatic heterocycles. The van der Waals surface area contributed by atoms with Gasteiger partial charge in [-0.25, -0.2) is 0 Å². The number of rotatable bonds is 10. The smallest absolute Gasteiger partial charge is 0.109 e. The van der Waals surface area contributed by atoms with Gasteiger partial charge in [0.2, 0.25) is 0 Å². The highest BCUT2D eigenvalue weighted by Crippen LogP contribution is 2.37. The Bertz CT molecular complexity index is 298. The highest BCUT2D eigenvalue weighted by atomic mass is 16.5. The minimum absolute atomic E-state index is 0.311. The summed E-state index contributed by atoms with van der Waals surface area (Å²) in [6, 6.07) is 2.51. The van der Waals surface area contributed by atoms with Gasteiger partial charge in [0.1, 0.15) is 5.54 Å². The molecule has 1 aliphatic carbocycles. The van der Waals surface area contributed by atoms with Crippen LogP contribution in [0.5, 0.6) is 0 Å². The molecule has 0 heterocycles. The van der Waals surface area contributed by atoms with Crippen LogP contribution in [0.15, 0.2) is 0 Å². The molecule has 0 radical (unpaired) electrons. The molecule has 2 atom stereocenters. The summed E-state index contributed by atoms with van der Waals surface area (Å²) in [5, 5.41) is 12.7. The minimum Gasteiger partial charge on any atom is -0.383 e. The van der Waals surface area contributed by atoms with Crippen LogP contribution in [0.1, 0.15) is 25.7 Å². The van der Waals surface area contributed by atoms with Crippen LogP contribution < -0.4 is 5.32 Å². The minimum atomic E-state index is -0.311. The number of hydrogen-bond donors (Lipinski definition) is 1. The van der Waals surface area contributed by atoms with Crippen molar-refractivity contribution in [3.05, 3.63) is 0 Å². The van der Waals surface area contributed by atoms with Crippen molar-refractivity contribution in [2.45, 2.75) is 31.2 Å². The summed E-state index contributed by atoms with van der Waals surface area (Å²) < 4.78 is 10.3. The van der Waals surface area contributed by atoms with Crippen LogP contribution in [-0.4, -0.2) is 64.6 Å². The zero-order chi connectivity index (χ0) is 14.8. The molecule has 0 bridgehead atoms. The van der Waals surface area contributed by atoms with Crippen LogP contribution in [0.2, 0.25) is 0 Å². The lowest BCUT2D eigenvalue weighted by molar-refractivity contribution is 0.108. The molecule has 0 spiro atoms. The van der Waals surface area contributed by atoms with Crippen LogP contribution in [0, 0.1) is 17.2 Å². The van der Waals surface area contributed by atoms with Crippen molar-refractivity contribution in [1.82, 2.24) is 10.2 Å². The summed E-state index contributed by atoms with van der Waals surface area (Å²) in [5.74, 6) is 0.449. The van der Waals surface area contributed by atoms with E-state index in [1.54, 1.807) is 14.2 Å². The van der Waals surface area contributed by atoms with E-state index in [-0.39, 0.29) is 5.54 Å². The number of nitrogens with one attached hydrogen (secondary N) is 1. The van der Waals surface area contributed by atoms with Gasteiger partial charge in [-0.05, 0) is 38.8 Å². The summed E-state index contributed by atoms with van der Waals surface area (Å²) >= 11 is 0. The third kappa shape index (κ3) is 4.71. The molecule has 0 aliphatic heterocycles. The maximum atomic E-state index is 9.47. The molecule has 5 heteroatoms. The van der Waals surface area contributed by atoms with Gasteiger partial charge in [0.15, 0.2) is 0 Å². The van der Waals surface area contributed by atoms with Crippen LogP contribution in [0.3, 0.4) is 0 Å². The first kappa shape index (κ1) is 17.4. The maximum Gasteiger partial charge on any atom is 0.109 e. The number of ether oxygens (including phenoxy) is 2. The molecule has 1 aliphatic rings. The van der Waals surface area contributed by atoms with Gasteiger partial charge in [-0.1, -0.05) is 6.42 Å². The molecule has 5 nitrogen and oxygen atoms in total. The normalized spacial score (nSPS) is 26.1. The number of methoxy groups -OCH3 is 2. The molecule has 1 rings (SSSR count). The molecule has 0 amide bonds. The fraction of sp³-hybridized carbons (Fsp3) is 0.933. The standard InChI is InChI=1S/C15H29N3O2/c1-17-15(13-16)7-4-5-14(15)6-8-18(9-11-19-2)10-12-20-3/h14,17H,4-12H2,1-3H3. The van der Waals surface area contributed by atoms with Crippen molar-refractivity contribution in [3.63, 3.8) is 0 Å². The molecule has 116 valence electrons. The lowest BCUT2D eigenvalue weighted by Crippen LogP contribution is -2.46. The Kier molecular flexibility index (Phi) is 8.08. The van der Waals surface area contributed by atoms with E-state index in [1.807, 2.05) is 7.05 Å². The summed E-state index contributed by atoms with van der Waals surface area (Å²) in [4.78, 5) is 2.36. The van der Waals surface area contributed by atoms with E-state index in [2.05, 4.69) is 16.3 Å². The highest BCUT2D eigenvalue weighted by Gasteiger charge is 2.41. The fourth-order valence-electron chi connectivity index (χ4n) is 3.12. The van der Waals surface area contributed by atoms with Crippen molar-refractivity contribution in [3.8, 4) is 6.07 Å². The number of nitrogens with zero attached hydrogens (tertiary/aromatic N) is 2. The first-order valence-electron chi connectivity index (χ1n) is 7.52. The van der Waals surface area contributed by atoms with Gasteiger partial charge in [0, 0.05) is 27.3 Å². The van der Waals surface area contributed by atoms with E-state index in [4.69, 9.17) is 9.47 Å². The topological polar surface area (TPSA) is 57.5 Å². The van der Waals surface area contributed by atoms with E-state index < -0.39 is 0 Å². The monoisotopic (exact) mass is 283 g/mol. The van der Waals surface area contributed by atoms with Gasteiger partial charge in [-0.3, -0.25) is 4.90 Å². The molecule has 1 N–H and O–H groups in total. The van der Waals surface area contributed by atoms with Crippen molar-refractivity contribution in [1.29, 1.82) is 5.26 Å². The molecule has 0 aromatic carbocycles.